The van der Waals surface area contributed by atoms with Gasteiger partial charge in [-0.15, -0.1) is 0 Å². The van der Waals surface area contributed by atoms with Crippen LogP contribution < -0.4 is 10.6 Å². The zero-order valence-electron chi connectivity index (χ0n) is 10.6. The molecule has 1 unspecified atom stereocenters. The third-order valence-electron chi connectivity index (χ3n) is 2.52. The monoisotopic (exact) mass is 291 g/mol. The Bertz CT molecular complexity index is 531. The Morgan fingerprint density at radius 2 is 2.00 bits per heavy atom. The first-order valence-electron chi connectivity index (χ1n) is 5.50. The molecule has 1 aromatic carbocycles. The summed E-state index contributed by atoms with van der Waals surface area (Å²) in [5.41, 5.74) is -2.42. The lowest BCUT2D eigenvalue weighted by molar-refractivity contribution is -0.388. The number of halogens is 3. The van der Waals surface area contributed by atoms with E-state index in [2.05, 4.69) is 10.6 Å². The lowest BCUT2D eigenvalue weighted by Crippen LogP contribution is -2.35. The van der Waals surface area contributed by atoms with Crippen LogP contribution >= 0.6 is 0 Å². The summed E-state index contributed by atoms with van der Waals surface area (Å²) >= 11 is 0. The molecule has 110 valence electrons. The van der Waals surface area contributed by atoms with E-state index in [9.17, 15) is 28.1 Å². The normalized spacial score (nSPS) is 12.7. The van der Waals surface area contributed by atoms with Crippen molar-refractivity contribution in [1.82, 2.24) is 5.32 Å². The summed E-state index contributed by atoms with van der Waals surface area (Å²) in [5.74, 6) is -0.420. The van der Waals surface area contributed by atoms with Crippen LogP contribution in [0.1, 0.15) is 12.5 Å². The number of rotatable bonds is 4. The molecule has 6 nitrogen and oxygen atoms in total. The molecule has 0 saturated heterocycles. The summed E-state index contributed by atoms with van der Waals surface area (Å²) in [6, 6.07) is 1.70. The quantitative estimate of drug-likeness (QED) is 0.657. The van der Waals surface area contributed by atoms with Gasteiger partial charge in [-0.25, -0.2) is 0 Å². The van der Waals surface area contributed by atoms with Gasteiger partial charge in [0, 0.05) is 18.8 Å². The third-order valence-corrected chi connectivity index (χ3v) is 2.52. The fourth-order valence-corrected chi connectivity index (χ4v) is 1.54. The molecule has 0 aliphatic rings. The molecule has 0 spiro atoms. The number of nitrogens with zero attached hydrogens (tertiary/aromatic N) is 1. The molecule has 0 aliphatic heterocycles. The number of anilines is 1. The van der Waals surface area contributed by atoms with Crippen molar-refractivity contribution in [3.63, 3.8) is 0 Å². The molecule has 20 heavy (non-hydrogen) atoms. The molecular weight excluding hydrogens is 279 g/mol. The number of carbonyl (C=O) groups is 1. The van der Waals surface area contributed by atoms with E-state index in [1.807, 2.05) is 0 Å². The first-order chi connectivity index (χ1) is 9.16. The van der Waals surface area contributed by atoms with Crippen LogP contribution in [0.3, 0.4) is 0 Å². The summed E-state index contributed by atoms with van der Waals surface area (Å²) in [6.07, 6.45) is -4.85. The van der Waals surface area contributed by atoms with Crippen molar-refractivity contribution < 1.29 is 22.9 Å². The zero-order valence-corrected chi connectivity index (χ0v) is 10.6. The molecular formula is C11H12F3N3O3. The first kappa shape index (κ1) is 15.7. The number of nitro groups is 1. The van der Waals surface area contributed by atoms with Crippen LogP contribution in [0.4, 0.5) is 24.5 Å². The Labute approximate surface area is 112 Å². The molecule has 1 rings (SSSR count). The maximum Gasteiger partial charge on any atom is 0.423 e. The van der Waals surface area contributed by atoms with Gasteiger partial charge in [0.2, 0.25) is 5.91 Å². The van der Waals surface area contributed by atoms with E-state index < -0.39 is 34.3 Å². The fourth-order valence-electron chi connectivity index (χ4n) is 1.54. The van der Waals surface area contributed by atoms with E-state index in [-0.39, 0.29) is 5.69 Å². The van der Waals surface area contributed by atoms with E-state index in [1.165, 1.54) is 14.0 Å². The molecule has 0 heterocycles. The smallest absolute Gasteiger partial charge is 0.374 e. The van der Waals surface area contributed by atoms with Crippen molar-refractivity contribution >= 4 is 17.3 Å². The summed E-state index contributed by atoms with van der Waals surface area (Å²) < 4.78 is 38.2. The Morgan fingerprint density at radius 1 is 1.40 bits per heavy atom. The second-order valence-electron chi connectivity index (χ2n) is 3.97. The van der Waals surface area contributed by atoms with E-state index in [0.29, 0.717) is 6.07 Å². The summed E-state index contributed by atoms with van der Waals surface area (Å²) in [6.45, 7) is 1.45. The third kappa shape index (κ3) is 3.59. The highest BCUT2D eigenvalue weighted by molar-refractivity contribution is 5.84. The summed E-state index contributed by atoms with van der Waals surface area (Å²) in [4.78, 5) is 20.7. The number of alkyl halides is 3. The van der Waals surface area contributed by atoms with Gasteiger partial charge >= 0.3 is 6.18 Å². The van der Waals surface area contributed by atoms with Gasteiger partial charge in [-0.05, 0) is 19.1 Å². The van der Waals surface area contributed by atoms with Crippen LogP contribution in [-0.2, 0) is 11.0 Å². The Kier molecular flexibility index (Phi) is 4.53. The van der Waals surface area contributed by atoms with Gasteiger partial charge in [0.15, 0.2) is 0 Å². The zero-order chi connectivity index (χ0) is 15.5. The standard InChI is InChI=1S/C11H12F3N3O3/c1-6(10(18)15-2)16-7-3-4-9(17(19)20)8(5-7)11(12,13)14/h3-6,16H,1-2H3,(H,15,18). The number of carbonyl (C=O) groups excluding carboxylic acids is 1. The summed E-state index contributed by atoms with van der Waals surface area (Å²) in [7, 11) is 1.39. The fraction of sp³-hybridized carbons (Fsp3) is 0.364. The van der Waals surface area contributed by atoms with Crippen molar-refractivity contribution in [2.45, 2.75) is 19.1 Å². The van der Waals surface area contributed by atoms with Gasteiger partial charge in [-0.3, -0.25) is 14.9 Å². The van der Waals surface area contributed by atoms with Crippen molar-refractivity contribution in [3.05, 3.63) is 33.9 Å². The predicted molar refractivity (Wildman–Crippen MR) is 65.2 cm³/mol. The number of amides is 1. The predicted octanol–water partition coefficient (Wildman–Crippen LogP) is 2.16. The topological polar surface area (TPSA) is 84.3 Å². The maximum absolute atomic E-state index is 12.7. The van der Waals surface area contributed by atoms with Crippen molar-refractivity contribution in [2.75, 3.05) is 12.4 Å². The van der Waals surface area contributed by atoms with Crippen LogP contribution in [0.25, 0.3) is 0 Å². The number of hydrogen-bond acceptors (Lipinski definition) is 4. The lowest BCUT2D eigenvalue weighted by atomic mass is 10.1. The maximum atomic E-state index is 12.7. The van der Waals surface area contributed by atoms with Gasteiger partial charge in [0.05, 0.1) is 4.92 Å². The largest absolute Gasteiger partial charge is 0.423 e. The molecule has 0 fully saturated rings. The van der Waals surface area contributed by atoms with Crippen LogP contribution in [0, 0.1) is 10.1 Å². The Balaban J connectivity index is 3.14. The minimum atomic E-state index is -4.85. The van der Waals surface area contributed by atoms with Crippen molar-refractivity contribution in [3.8, 4) is 0 Å². The first-order valence-corrected chi connectivity index (χ1v) is 5.50. The Morgan fingerprint density at radius 3 is 2.45 bits per heavy atom. The molecule has 0 bridgehead atoms. The highest BCUT2D eigenvalue weighted by atomic mass is 19.4. The van der Waals surface area contributed by atoms with E-state index in [0.717, 1.165) is 12.1 Å². The number of benzene rings is 1. The van der Waals surface area contributed by atoms with Crippen LogP contribution in [0.5, 0.6) is 0 Å². The second-order valence-corrected chi connectivity index (χ2v) is 3.97. The van der Waals surface area contributed by atoms with Crippen molar-refractivity contribution in [1.29, 1.82) is 0 Å². The minimum Gasteiger partial charge on any atom is -0.374 e. The van der Waals surface area contributed by atoms with E-state index >= 15 is 0 Å². The average molecular weight is 291 g/mol. The molecule has 2 N–H and O–H groups in total. The summed E-state index contributed by atoms with van der Waals surface area (Å²) in [5, 5.41) is 15.4. The number of nitro benzene ring substituents is 1. The molecule has 1 aromatic rings. The Hall–Kier alpha value is -2.32. The van der Waals surface area contributed by atoms with Gasteiger partial charge in [-0.1, -0.05) is 0 Å². The highest BCUT2D eigenvalue weighted by Gasteiger charge is 2.38. The minimum absolute atomic E-state index is 0.0287. The van der Waals surface area contributed by atoms with Gasteiger partial charge in [0.1, 0.15) is 11.6 Å². The SMILES string of the molecule is CNC(=O)C(C)Nc1ccc([N+](=O)[O-])c(C(F)(F)F)c1. The number of hydrogen-bond donors (Lipinski definition) is 2. The van der Waals surface area contributed by atoms with Gasteiger partial charge in [0.25, 0.3) is 5.69 Å². The van der Waals surface area contributed by atoms with E-state index in [4.69, 9.17) is 0 Å². The molecule has 9 heteroatoms. The molecule has 0 radical (unpaired) electrons. The van der Waals surface area contributed by atoms with Gasteiger partial charge < -0.3 is 10.6 Å². The average Bonchev–Trinajstić information content (AvgIpc) is 2.36. The molecule has 0 saturated carbocycles. The van der Waals surface area contributed by atoms with Crippen LogP contribution in [0.15, 0.2) is 18.2 Å². The highest BCUT2D eigenvalue weighted by Crippen LogP contribution is 2.37. The number of nitrogens with one attached hydrogen (secondary N) is 2. The van der Waals surface area contributed by atoms with Crippen LogP contribution in [-0.4, -0.2) is 23.9 Å². The lowest BCUT2D eigenvalue weighted by Gasteiger charge is -2.15. The second kappa shape index (κ2) is 5.76. The van der Waals surface area contributed by atoms with Gasteiger partial charge in [-0.2, -0.15) is 13.2 Å². The molecule has 0 aliphatic carbocycles. The molecule has 1 amide bonds. The van der Waals surface area contributed by atoms with Crippen LogP contribution in [0.2, 0.25) is 0 Å². The molecule has 1 atom stereocenters. The van der Waals surface area contributed by atoms with Crippen molar-refractivity contribution in [2.24, 2.45) is 0 Å². The van der Waals surface area contributed by atoms with E-state index in [1.54, 1.807) is 0 Å². The molecule has 0 aromatic heterocycles. The number of likely N-dealkylation sites (N-methyl/N-ethyl adjacent to an activating group) is 1.